The summed E-state index contributed by atoms with van der Waals surface area (Å²) in [5, 5.41) is 11.4. The van der Waals surface area contributed by atoms with Crippen LogP contribution in [0.1, 0.15) is 0 Å². The number of rotatable bonds is 6. The van der Waals surface area contributed by atoms with Gasteiger partial charge in [-0.2, -0.15) is 0 Å². The quantitative estimate of drug-likeness (QED) is 0.519. The molecule has 1 rings (SSSR count). The van der Waals surface area contributed by atoms with Gasteiger partial charge in [0.15, 0.2) is 0 Å². The molecule has 0 heterocycles. The molecule has 0 unspecified atom stereocenters. The van der Waals surface area contributed by atoms with E-state index in [2.05, 4.69) is 5.32 Å². The molecule has 5 nitrogen and oxygen atoms in total. The third-order valence-corrected chi connectivity index (χ3v) is 1.71. The van der Waals surface area contributed by atoms with Crippen molar-refractivity contribution in [3.8, 4) is 0 Å². The number of hydrogen-bond acceptors (Lipinski definition) is 4. The van der Waals surface area contributed by atoms with Gasteiger partial charge in [0.1, 0.15) is 6.61 Å². The van der Waals surface area contributed by atoms with Crippen LogP contribution >= 0.6 is 12.4 Å². The van der Waals surface area contributed by atoms with Crippen LogP contribution in [-0.2, 0) is 9.53 Å². The van der Waals surface area contributed by atoms with Crippen molar-refractivity contribution in [2.45, 2.75) is 0 Å². The van der Waals surface area contributed by atoms with Crippen LogP contribution in [0.25, 0.3) is 0 Å². The average molecular weight is 247 g/mol. The lowest BCUT2D eigenvalue weighted by Gasteiger charge is -2.06. The molecular weight excluding hydrogens is 232 g/mol. The van der Waals surface area contributed by atoms with Gasteiger partial charge in [-0.3, -0.25) is 0 Å². The molecule has 0 amide bonds. The maximum absolute atomic E-state index is 10.1. The van der Waals surface area contributed by atoms with Gasteiger partial charge in [0.2, 0.25) is 0 Å². The highest BCUT2D eigenvalue weighted by Crippen LogP contribution is 2.09. The van der Waals surface area contributed by atoms with Gasteiger partial charge in [0.05, 0.1) is 6.61 Å². The lowest BCUT2D eigenvalue weighted by Crippen LogP contribution is -2.14. The molecule has 0 bridgehead atoms. The molecule has 1 aromatic rings. The standard InChI is InChI=1S/C10H14N2O3.ClH/c11-8-1-3-9(4-2-8)12-5-6-15-7-10(13)14;/h1-4,12H,5-7,11H2,(H,13,14);1H. The zero-order valence-corrected chi connectivity index (χ0v) is 9.50. The van der Waals surface area contributed by atoms with E-state index in [-0.39, 0.29) is 19.0 Å². The summed E-state index contributed by atoms with van der Waals surface area (Å²) >= 11 is 0. The molecule has 0 aliphatic carbocycles. The molecule has 0 aliphatic heterocycles. The number of carbonyl (C=O) groups is 1. The van der Waals surface area contributed by atoms with E-state index in [0.29, 0.717) is 18.8 Å². The monoisotopic (exact) mass is 246 g/mol. The fraction of sp³-hybridized carbons (Fsp3) is 0.300. The summed E-state index contributed by atoms with van der Waals surface area (Å²) in [5.41, 5.74) is 7.16. The van der Waals surface area contributed by atoms with Gasteiger partial charge in [-0.1, -0.05) is 0 Å². The molecule has 90 valence electrons. The van der Waals surface area contributed by atoms with Gasteiger partial charge in [-0.15, -0.1) is 12.4 Å². The molecule has 0 saturated heterocycles. The number of nitrogens with one attached hydrogen (secondary N) is 1. The normalized spacial score (nSPS) is 9.25. The van der Waals surface area contributed by atoms with Crippen molar-refractivity contribution in [3.63, 3.8) is 0 Å². The Hall–Kier alpha value is -1.46. The van der Waals surface area contributed by atoms with E-state index >= 15 is 0 Å². The largest absolute Gasteiger partial charge is 0.480 e. The molecule has 0 atom stereocenters. The zero-order valence-electron chi connectivity index (χ0n) is 8.68. The topological polar surface area (TPSA) is 84.6 Å². The molecule has 0 aromatic heterocycles. The van der Waals surface area contributed by atoms with Crippen LogP contribution in [0.3, 0.4) is 0 Å². The predicted molar refractivity (Wildman–Crippen MR) is 65.0 cm³/mol. The second-order valence-corrected chi connectivity index (χ2v) is 3.00. The number of carboxylic acid groups (broad SMARTS) is 1. The maximum Gasteiger partial charge on any atom is 0.329 e. The van der Waals surface area contributed by atoms with Crippen molar-refractivity contribution in [2.75, 3.05) is 30.8 Å². The minimum atomic E-state index is -0.956. The molecular formula is C10H15ClN2O3. The Morgan fingerprint density at radius 3 is 2.56 bits per heavy atom. The Morgan fingerprint density at radius 1 is 1.38 bits per heavy atom. The Balaban J connectivity index is 0.00000225. The van der Waals surface area contributed by atoms with E-state index < -0.39 is 5.97 Å². The lowest BCUT2D eigenvalue weighted by molar-refractivity contribution is -0.142. The van der Waals surface area contributed by atoms with Crippen molar-refractivity contribution >= 4 is 29.8 Å². The van der Waals surface area contributed by atoms with E-state index in [0.717, 1.165) is 5.69 Å². The van der Waals surface area contributed by atoms with E-state index in [1.54, 1.807) is 12.1 Å². The molecule has 1 aromatic carbocycles. The second-order valence-electron chi connectivity index (χ2n) is 3.00. The maximum atomic E-state index is 10.1. The van der Waals surface area contributed by atoms with E-state index in [1.807, 2.05) is 12.1 Å². The number of carboxylic acids is 1. The molecule has 16 heavy (non-hydrogen) atoms. The zero-order chi connectivity index (χ0) is 11.1. The number of benzene rings is 1. The third-order valence-electron chi connectivity index (χ3n) is 1.71. The van der Waals surface area contributed by atoms with E-state index in [1.165, 1.54) is 0 Å². The van der Waals surface area contributed by atoms with Crippen LogP contribution < -0.4 is 11.1 Å². The van der Waals surface area contributed by atoms with Crippen LogP contribution in [-0.4, -0.2) is 30.8 Å². The van der Waals surface area contributed by atoms with Gasteiger partial charge in [0.25, 0.3) is 0 Å². The van der Waals surface area contributed by atoms with Crippen LogP contribution in [0.2, 0.25) is 0 Å². The summed E-state index contributed by atoms with van der Waals surface area (Å²) in [6.45, 7) is 0.664. The average Bonchev–Trinajstić information content (AvgIpc) is 2.20. The number of hydrogen-bond donors (Lipinski definition) is 3. The van der Waals surface area contributed by atoms with Crippen LogP contribution in [0.15, 0.2) is 24.3 Å². The fourth-order valence-electron chi connectivity index (χ4n) is 1.03. The summed E-state index contributed by atoms with van der Waals surface area (Å²) in [4.78, 5) is 10.1. The predicted octanol–water partition coefficient (Wildman–Crippen LogP) is 1.20. The number of nitrogen functional groups attached to an aromatic ring is 1. The third kappa shape index (κ3) is 6.10. The van der Waals surface area contributed by atoms with Crippen molar-refractivity contribution in [1.29, 1.82) is 0 Å². The van der Waals surface area contributed by atoms with Crippen molar-refractivity contribution in [2.24, 2.45) is 0 Å². The first-order valence-corrected chi connectivity index (χ1v) is 4.57. The second kappa shape index (κ2) is 7.78. The molecule has 0 saturated carbocycles. The number of nitrogens with two attached hydrogens (primary N) is 1. The molecule has 4 N–H and O–H groups in total. The van der Waals surface area contributed by atoms with Crippen molar-refractivity contribution < 1.29 is 14.6 Å². The van der Waals surface area contributed by atoms with Gasteiger partial charge in [-0.25, -0.2) is 4.79 Å². The number of ether oxygens (including phenoxy) is 1. The highest BCUT2D eigenvalue weighted by molar-refractivity contribution is 5.85. The molecule has 0 spiro atoms. The van der Waals surface area contributed by atoms with Crippen LogP contribution in [0, 0.1) is 0 Å². The molecule has 6 heteroatoms. The van der Waals surface area contributed by atoms with Gasteiger partial charge in [0, 0.05) is 17.9 Å². The Kier molecular flexibility index (Phi) is 7.07. The summed E-state index contributed by atoms with van der Waals surface area (Å²) in [6.07, 6.45) is 0. The summed E-state index contributed by atoms with van der Waals surface area (Å²) < 4.78 is 4.85. The molecule has 0 fully saturated rings. The number of halogens is 1. The van der Waals surface area contributed by atoms with E-state index in [4.69, 9.17) is 15.6 Å². The first-order valence-electron chi connectivity index (χ1n) is 4.57. The first-order chi connectivity index (χ1) is 7.18. The minimum Gasteiger partial charge on any atom is -0.480 e. The van der Waals surface area contributed by atoms with Gasteiger partial charge in [-0.05, 0) is 24.3 Å². The van der Waals surface area contributed by atoms with Crippen molar-refractivity contribution in [1.82, 2.24) is 0 Å². The Morgan fingerprint density at radius 2 is 2.00 bits per heavy atom. The molecule has 0 aliphatic rings. The van der Waals surface area contributed by atoms with Gasteiger partial charge < -0.3 is 20.9 Å². The fourth-order valence-corrected chi connectivity index (χ4v) is 1.03. The van der Waals surface area contributed by atoms with E-state index in [9.17, 15) is 4.79 Å². The minimum absolute atomic E-state index is 0. The highest BCUT2D eigenvalue weighted by atomic mass is 35.5. The first kappa shape index (κ1) is 14.5. The Labute approximate surface area is 100 Å². The van der Waals surface area contributed by atoms with Crippen molar-refractivity contribution in [3.05, 3.63) is 24.3 Å². The summed E-state index contributed by atoms with van der Waals surface area (Å²) in [6, 6.07) is 7.29. The smallest absolute Gasteiger partial charge is 0.329 e. The lowest BCUT2D eigenvalue weighted by atomic mass is 10.3. The van der Waals surface area contributed by atoms with Crippen LogP contribution in [0.4, 0.5) is 11.4 Å². The van der Waals surface area contributed by atoms with Gasteiger partial charge >= 0.3 is 5.97 Å². The number of aliphatic carboxylic acids is 1. The summed E-state index contributed by atoms with van der Waals surface area (Å²) in [7, 11) is 0. The SMILES string of the molecule is Cl.Nc1ccc(NCCOCC(=O)O)cc1. The summed E-state index contributed by atoms with van der Waals surface area (Å²) in [5.74, 6) is -0.956. The Bertz CT molecular complexity index is 316. The molecule has 0 radical (unpaired) electrons. The highest BCUT2D eigenvalue weighted by Gasteiger charge is 1.95. The van der Waals surface area contributed by atoms with Crippen LogP contribution in [0.5, 0.6) is 0 Å². The number of anilines is 2.